The van der Waals surface area contributed by atoms with Gasteiger partial charge in [0.05, 0.1) is 12.3 Å². The number of aryl methyl sites for hydroxylation is 1. The molecule has 0 amide bonds. The predicted molar refractivity (Wildman–Crippen MR) is 88.8 cm³/mol. The summed E-state index contributed by atoms with van der Waals surface area (Å²) in [5, 5.41) is 3.47. The molecule has 0 saturated carbocycles. The van der Waals surface area contributed by atoms with Crippen LogP contribution in [0.15, 0.2) is 42.6 Å². The Labute approximate surface area is 136 Å². The van der Waals surface area contributed by atoms with Crippen LogP contribution < -0.4 is 5.32 Å². The van der Waals surface area contributed by atoms with E-state index in [0.717, 1.165) is 37.3 Å². The summed E-state index contributed by atoms with van der Waals surface area (Å²) in [5.41, 5.74) is 3.13. The highest BCUT2D eigenvalue weighted by molar-refractivity contribution is 5.28. The summed E-state index contributed by atoms with van der Waals surface area (Å²) >= 11 is 0. The zero-order chi connectivity index (χ0) is 16.1. The number of ether oxygens (including phenoxy) is 1. The first-order chi connectivity index (χ1) is 11.2. The molecule has 0 unspecified atom stereocenters. The standard InChI is InChI=1S/C19H23FN2O/c1-2-15-6-7-18(22-11-15)12-21-13-19(8-9-23-14-19)16-4-3-5-17(20)10-16/h3-7,10-11,21H,2,8-9,12-14H2,1H3/t19-/m0/s1. The highest BCUT2D eigenvalue weighted by Crippen LogP contribution is 2.33. The van der Waals surface area contributed by atoms with Gasteiger partial charge in [-0.1, -0.05) is 25.1 Å². The van der Waals surface area contributed by atoms with Crippen molar-refractivity contribution in [1.29, 1.82) is 0 Å². The van der Waals surface area contributed by atoms with Gasteiger partial charge >= 0.3 is 0 Å². The number of rotatable bonds is 6. The molecule has 3 rings (SSSR count). The second-order valence-electron chi connectivity index (χ2n) is 6.21. The average molecular weight is 314 g/mol. The molecule has 122 valence electrons. The van der Waals surface area contributed by atoms with Crippen LogP contribution >= 0.6 is 0 Å². The predicted octanol–water partition coefficient (Wildman–Crippen LogP) is 3.23. The van der Waals surface area contributed by atoms with E-state index in [4.69, 9.17) is 4.74 Å². The highest BCUT2D eigenvalue weighted by Gasteiger charge is 2.36. The van der Waals surface area contributed by atoms with Crippen LogP contribution in [0.2, 0.25) is 0 Å². The van der Waals surface area contributed by atoms with Gasteiger partial charge in [-0.15, -0.1) is 0 Å². The molecule has 0 radical (unpaired) electrons. The number of benzene rings is 1. The number of halogens is 1. The van der Waals surface area contributed by atoms with Crippen molar-refractivity contribution in [2.24, 2.45) is 0 Å². The Hall–Kier alpha value is -1.78. The van der Waals surface area contributed by atoms with Crippen molar-refractivity contribution in [3.05, 3.63) is 65.2 Å². The number of pyridine rings is 1. The summed E-state index contributed by atoms with van der Waals surface area (Å²) in [4.78, 5) is 4.47. The Morgan fingerprint density at radius 3 is 2.87 bits per heavy atom. The zero-order valence-corrected chi connectivity index (χ0v) is 13.5. The van der Waals surface area contributed by atoms with Crippen LogP contribution in [0.1, 0.15) is 30.2 Å². The molecule has 1 atom stereocenters. The lowest BCUT2D eigenvalue weighted by Gasteiger charge is -2.28. The first kappa shape index (κ1) is 16.1. The maximum Gasteiger partial charge on any atom is 0.123 e. The molecule has 3 nitrogen and oxygen atoms in total. The third kappa shape index (κ3) is 3.77. The lowest BCUT2D eigenvalue weighted by atomic mass is 9.79. The van der Waals surface area contributed by atoms with Crippen molar-refractivity contribution in [2.75, 3.05) is 19.8 Å². The lowest BCUT2D eigenvalue weighted by Crippen LogP contribution is -2.38. The average Bonchev–Trinajstić information content (AvgIpc) is 3.06. The van der Waals surface area contributed by atoms with Gasteiger partial charge in [-0.25, -0.2) is 4.39 Å². The van der Waals surface area contributed by atoms with Gasteiger partial charge in [-0.05, 0) is 42.2 Å². The quantitative estimate of drug-likeness (QED) is 0.889. The van der Waals surface area contributed by atoms with E-state index in [1.807, 2.05) is 12.3 Å². The van der Waals surface area contributed by atoms with Crippen LogP contribution in [-0.2, 0) is 23.1 Å². The van der Waals surface area contributed by atoms with Gasteiger partial charge in [0.2, 0.25) is 0 Å². The molecule has 1 aliphatic heterocycles. The molecule has 0 aliphatic carbocycles. The Morgan fingerprint density at radius 1 is 1.30 bits per heavy atom. The van der Waals surface area contributed by atoms with Gasteiger partial charge < -0.3 is 10.1 Å². The fraction of sp³-hybridized carbons (Fsp3) is 0.421. The maximum absolute atomic E-state index is 13.6. The Morgan fingerprint density at radius 2 is 2.22 bits per heavy atom. The first-order valence-electron chi connectivity index (χ1n) is 8.20. The minimum absolute atomic E-state index is 0.147. The summed E-state index contributed by atoms with van der Waals surface area (Å²) in [6.07, 6.45) is 3.84. The van der Waals surface area contributed by atoms with Gasteiger partial charge in [-0.3, -0.25) is 4.98 Å². The number of aromatic nitrogens is 1. The summed E-state index contributed by atoms with van der Waals surface area (Å²) in [5.74, 6) is -0.189. The Bertz CT molecular complexity index is 636. The van der Waals surface area contributed by atoms with Crippen molar-refractivity contribution in [3.63, 3.8) is 0 Å². The van der Waals surface area contributed by atoms with E-state index in [1.54, 1.807) is 12.1 Å². The number of nitrogens with zero attached hydrogens (tertiary/aromatic N) is 1. The molecule has 1 N–H and O–H groups in total. The molecule has 0 spiro atoms. The fourth-order valence-corrected chi connectivity index (χ4v) is 3.09. The van der Waals surface area contributed by atoms with Gasteiger partial charge in [0, 0.05) is 31.3 Å². The molecule has 0 bridgehead atoms. The molecule has 23 heavy (non-hydrogen) atoms. The molecule has 1 saturated heterocycles. The molecule has 4 heteroatoms. The minimum Gasteiger partial charge on any atom is -0.380 e. The van der Waals surface area contributed by atoms with E-state index in [9.17, 15) is 4.39 Å². The normalized spacial score (nSPS) is 20.8. The maximum atomic E-state index is 13.6. The van der Waals surface area contributed by atoms with E-state index in [0.29, 0.717) is 13.2 Å². The Kier molecular flexibility index (Phi) is 5.03. The molecular formula is C19H23FN2O. The molecule has 1 aromatic heterocycles. The first-order valence-corrected chi connectivity index (χ1v) is 8.20. The van der Waals surface area contributed by atoms with Gasteiger partial charge in [0.25, 0.3) is 0 Å². The fourth-order valence-electron chi connectivity index (χ4n) is 3.09. The summed E-state index contributed by atoms with van der Waals surface area (Å²) in [6, 6.07) is 11.1. The number of hydrogen-bond acceptors (Lipinski definition) is 3. The van der Waals surface area contributed by atoms with Crippen LogP contribution in [0.5, 0.6) is 0 Å². The summed E-state index contributed by atoms with van der Waals surface area (Å²) in [7, 11) is 0. The van der Waals surface area contributed by atoms with Crippen LogP contribution in [0.3, 0.4) is 0 Å². The highest BCUT2D eigenvalue weighted by atomic mass is 19.1. The SMILES string of the molecule is CCc1ccc(CNC[C@@]2(c3cccc(F)c3)CCOC2)nc1. The third-order valence-corrected chi connectivity index (χ3v) is 4.60. The second kappa shape index (κ2) is 7.20. The summed E-state index contributed by atoms with van der Waals surface area (Å²) < 4.78 is 19.2. The summed E-state index contributed by atoms with van der Waals surface area (Å²) in [6.45, 7) is 4.94. The monoisotopic (exact) mass is 314 g/mol. The van der Waals surface area contributed by atoms with Crippen molar-refractivity contribution < 1.29 is 9.13 Å². The smallest absolute Gasteiger partial charge is 0.123 e. The van der Waals surface area contributed by atoms with Crippen molar-refractivity contribution >= 4 is 0 Å². The number of hydrogen-bond donors (Lipinski definition) is 1. The van der Waals surface area contributed by atoms with E-state index >= 15 is 0 Å². The topological polar surface area (TPSA) is 34.1 Å². The molecular weight excluding hydrogens is 291 g/mol. The zero-order valence-electron chi connectivity index (χ0n) is 13.5. The number of nitrogens with one attached hydrogen (secondary N) is 1. The molecule has 2 heterocycles. The molecule has 1 fully saturated rings. The van der Waals surface area contributed by atoms with Crippen LogP contribution in [0, 0.1) is 5.82 Å². The molecule has 2 aromatic rings. The second-order valence-corrected chi connectivity index (χ2v) is 6.21. The van der Waals surface area contributed by atoms with Crippen LogP contribution in [0.4, 0.5) is 4.39 Å². The van der Waals surface area contributed by atoms with E-state index in [1.165, 1.54) is 11.6 Å². The van der Waals surface area contributed by atoms with Crippen molar-refractivity contribution in [3.8, 4) is 0 Å². The van der Waals surface area contributed by atoms with Gasteiger partial charge in [-0.2, -0.15) is 0 Å². The minimum atomic E-state index is -0.189. The third-order valence-electron chi connectivity index (χ3n) is 4.60. The Balaban J connectivity index is 1.66. The molecule has 1 aliphatic rings. The van der Waals surface area contributed by atoms with Gasteiger partial charge in [0.1, 0.15) is 5.82 Å². The largest absolute Gasteiger partial charge is 0.380 e. The van der Waals surface area contributed by atoms with Crippen molar-refractivity contribution in [1.82, 2.24) is 10.3 Å². The van der Waals surface area contributed by atoms with Crippen LogP contribution in [0.25, 0.3) is 0 Å². The van der Waals surface area contributed by atoms with Crippen molar-refractivity contribution in [2.45, 2.75) is 31.7 Å². The van der Waals surface area contributed by atoms with Gasteiger partial charge in [0.15, 0.2) is 0 Å². The molecule has 1 aromatic carbocycles. The van der Waals surface area contributed by atoms with Crippen LogP contribution in [-0.4, -0.2) is 24.7 Å². The van der Waals surface area contributed by atoms with E-state index < -0.39 is 0 Å². The lowest BCUT2D eigenvalue weighted by molar-refractivity contribution is 0.176. The van der Waals surface area contributed by atoms with E-state index in [2.05, 4.69) is 29.4 Å². The van der Waals surface area contributed by atoms with E-state index in [-0.39, 0.29) is 11.2 Å².